The van der Waals surface area contributed by atoms with Crippen LogP contribution in [0, 0.1) is 5.82 Å². The third-order valence-corrected chi connectivity index (χ3v) is 6.22. The van der Waals surface area contributed by atoms with Crippen LogP contribution in [0.3, 0.4) is 0 Å². The Morgan fingerprint density at radius 2 is 1.67 bits per heavy atom. The highest BCUT2D eigenvalue weighted by molar-refractivity contribution is 7.92. The van der Waals surface area contributed by atoms with Gasteiger partial charge in [-0.1, -0.05) is 64.1 Å². The van der Waals surface area contributed by atoms with E-state index in [2.05, 4.69) is 26.1 Å². The first kappa shape index (κ1) is 23.9. The van der Waals surface area contributed by atoms with Gasteiger partial charge >= 0.3 is 0 Å². The van der Waals surface area contributed by atoms with Gasteiger partial charge in [-0.25, -0.2) is 12.8 Å². The topological polar surface area (TPSA) is 66.5 Å². The van der Waals surface area contributed by atoms with E-state index < -0.39 is 27.8 Å². The number of anilines is 1. The lowest BCUT2D eigenvalue weighted by atomic mass is 9.86. The number of para-hydroxylation sites is 1. The summed E-state index contributed by atoms with van der Waals surface area (Å²) in [6, 6.07) is 12.1. The number of hydrogen-bond donors (Lipinski definition) is 1. The molecule has 0 heterocycles. The van der Waals surface area contributed by atoms with Gasteiger partial charge in [0.05, 0.1) is 18.0 Å². The van der Waals surface area contributed by atoms with Crippen molar-refractivity contribution in [2.75, 3.05) is 10.6 Å². The summed E-state index contributed by atoms with van der Waals surface area (Å²) >= 11 is 0. The van der Waals surface area contributed by atoms with Crippen LogP contribution in [-0.2, 0) is 20.2 Å². The molecule has 0 aliphatic heterocycles. The summed E-state index contributed by atoms with van der Waals surface area (Å²) in [5.41, 5.74) is 1.97. The maximum absolute atomic E-state index is 14.4. The normalized spacial score (nSPS) is 14.1. The zero-order chi connectivity index (χ0) is 22.7. The molecule has 0 aromatic heterocycles. The Balaban J connectivity index is 2.29. The van der Waals surface area contributed by atoms with Crippen LogP contribution in [0.25, 0.3) is 0 Å². The van der Waals surface area contributed by atoms with Crippen molar-refractivity contribution in [1.29, 1.82) is 0 Å². The highest BCUT2D eigenvalue weighted by atomic mass is 32.2. The van der Waals surface area contributed by atoms with Crippen molar-refractivity contribution in [3.8, 4) is 0 Å². The standard InChI is InChI=1S/C23H31FN2O3S/c1-7-20(26(30(6,28)29)21-11-9-8-10-19(21)24)22(27)25-16(2)17-12-14-18(15-13-17)23(3,4)5/h8-16,20H,7H2,1-6H3,(H,25,27)/t16-,20-/m1/s1. The number of nitrogens with zero attached hydrogens (tertiary/aromatic N) is 1. The summed E-state index contributed by atoms with van der Waals surface area (Å²) in [4.78, 5) is 13.0. The SMILES string of the molecule is CC[C@H](C(=O)N[C@H](C)c1ccc(C(C)(C)C)cc1)N(c1ccccc1F)S(C)(=O)=O. The monoisotopic (exact) mass is 434 g/mol. The van der Waals surface area contributed by atoms with Gasteiger partial charge in [0.25, 0.3) is 0 Å². The van der Waals surface area contributed by atoms with Crippen molar-refractivity contribution in [2.45, 2.75) is 58.5 Å². The van der Waals surface area contributed by atoms with Gasteiger partial charge in [0.2, 0.25) is 15.9 Å². The molecule has 0 fully saturated rings. The average Bonchev–Trinajstić information content (AvgIpc) is 2.65. The van der Waals surface area contributed by atoms with Gasteiger partial charge in [0.1, 0.15) is 11.9 Å². The smallest absolute Gasteiger partial charge is 0.244 e. The number of carbonyl (C=O) groups excluding carboxylic acids is 1. The van der Waals surface area contributed by atoms with Gasteiger partial charge in [-0.05, 0) is 42.0 Å². The van der Waals surface area contributed by atoms with E-state index in [1.807, 2.05) is 31.2 Å². The van der Waals surface area contributed by atoms with E-state index in [9.17, 15) is 17.6 Å². The Bertz CT molecular complexity index is 982. The number of rotatable bonds is 7. The number of hydrogen-bond acceptors (Lipinski definition) is 3. The zero-order valence-corrected chi connectivity index (χ0v) is 19.3. The molecule has 0 aliphatic rings. The van der Waals surface area contributed by atoms with Crippen LogP contribution in [-0.4, -0.2) is 26.6 Å². The summed E-state index contributed by atoms with van der Waals surface area (Å²) in [6.45, 7) is 9.92. The molecule has 2 aromatic rings. The van der Waals surface area contributed by atoms with Crippen LogP contribution < -0.4 is 9.62 Å². The summed E-state index contributed by atoms with van der Waals surface area (Å²) < 4.78 is 40.1. The molecule has 30 heavy (non-hydrogen) atoms. The largest absolute Gasteiger partial charge is 0.348 e. The molecule has 0 bridgehead atoms. The van der Waals surface area contributed by atoms with Gasteiger partial charge in [-0.15, -0.1) is 0 Å². The second-order valence-corrected chi connectivity index (χ2v) is 10.4. The lowest BCUT2D eigenvalue weighted by molar-refractivity contribution is -0.122. The highest BCUT2D eigenvalue weighted by Gasteiger charge is 2.33. The minimum absolute atomic E-state index is 0.0219. The molecule has 0 spiro atoms. The number of amides is 1. The summed E-state index contributed by atoms with van der Waals surface area (Å²) in [7, 11) is -3.89. The van der Waals surface area contributed by atoms with E-state index in [0.29, 0.717) is 0 Å². The van der Waals surface area contributed by atoms with Crippen molar-refractivity contribution in [3.63, 3.8) is 0 Å². The summed E-state index contributed by atoms with van der Waals surface area (Å²) in [5, 5.41) is 2.88. The Kier molecular flexibility index (Phi) is 7.29. The van der Waals surface area contributed by atoms with E-state index in [1.54, 1.807) is 13.0 Å². The van der Waals surface area contributed by atoms with E-state index in [0.717, 1.165) is 16.1 Å². The maximum Gasteiger partial charge on any atom is 0.244 e. The van der Waals surface area contributed by atoms with Crippen molar-refractivity contribution in [1.82, 2.24) is 5.32 Å². The van der Waals surface area contributed by atoms with Gasteiger partial charge in [-0.3, -0.25) is 9.10 Å². The Hall–Kier alpha value is -2.41. The van der Waals surface area contributed by atoms with Crippen LogP contribution >= 0.6 is 0 Å². The predicted molar refractivity (Wildman–Crippen MR) is 120 cm³/mol. The number of sulfonamides is 1. The Morgan fingerprint density at radius 1 is 1.10 bits per heavy atom. The Morgan fingerprint density at radius 3 is 2.13 bits per heavy atom. The molecule has 7 heteroatoms. The highest BCUT2D eigenvalue weighted by Crippen LogP contribution is 2.27. The molecule has 0 aliphatic carbocycles. The zero-order valence-electron chi connectivity index (χ0n) is 18.4. The molecule has 5 nitrogen and oxygen atoms in total. The fourth-order valence-corrected chi connectivity index (χ4v) is 4.54. The number of halogens is 1. The first-order valence-electron chi connectivity index (χ1n) is 10.0. The molecule has 2 aromatic carbocycles. The van der Waals surface area contributed by atoms with Crippen LogP contribution in [0.4, 0.5) is 10.1 Å². The molecular formula is C23H31FN2O3S. The molecular weight excluding hydrogens is 403 g/mol. The molecule has 2 atom stereocenters. The van der Waals surface area contributed by atoms with E-state index >= 15 is 0 Å². The average molecular weight is 435 g/mol. The number of carbonyl (C=O) groups is 1. The van der Waals surface area contributed by atoms with Crippen LogP contribution in [0.15, 0.2) is 48.5 Å². The molecule has 0 unspecified atom stereocenters. The van der Waals surface area contributed by atoms with Gasteiger partial charge in [0.15, 0.2) is 0 Å². The predicted octanol–water partition coefficient (Wildman–Crippen LogP) is 4.55. The van der Waals surface area contributed by atoms with Gasteiger partial charge in [0, 0.05) is 0 Å². The summed E-state index contributed by atoms with van der Waals surface area (Å²) in [5.74, 6) is -1.17. The fourth-order valence-electron chi connectivity index (χ4n) is 3.33. The first-order chi connectivity index (χ1) is 13.9. The van der Waals surface area contributed by atoms with E-state index in [4.69, 9.17) is 0 Å². The molecule has 164 valence electrons. The van der Waals surface area contributed by atoms with E-state index in [-0.39, 0.29) is 23.6 Å². The molecule has 2 rings (SSSR count). The van der Waals surface area contributed by atoms with Gasteiger partial charge in [-0.2, -0.15) is 0 Å². The van der Waals surface area contributed by atoms with E-state index in [1.165, 1.54) is 23.8 Å². The van der Waals surface area contributed by atoms with Crippen molar-refractivity contribution in [3.05, 3.63) is 65.5 Å². The quantitative estimate of drug-likeness (QED) is 0.695. The number of benzene rings is 2. The molecule has 1 amide bonds. The summed E-state index contributed by atoms with van der Waals surface area (Å²) in [6.07, 6.45) is 1.17. The van der Waals surface area contributed by atoms with Crippen molar-refractivity contribution in [2.24, 2.45) is 0 Å². The van der Waals surface area contributed by atoms with Crippen LogP contribution in [0.2, 0.25) is 0 Å². The van der Waals surface area contributed by atoms with Crippen molar-refractivity contribution < 1.29 is 17.6 Å². The van der Waals surface area contributed by atoms with Crippen LogP contribution in [0.5, 0.6) is 0 Å². The molecule has 0 saturated carbocycles. The third-order valence-electron chi connectivity index (χ3n) is 5.06. The van der Waals surface area contributed by atoms with Gasteiger partial charge < -0.3 is 5.32 Å². The first-order valence-corrected chi connectivity index (χ1v) is 11.9. The van der Waals surface area contributed by atoms with Crippen molar-refractivity contribution >= 4 is 21.6 Å². The molecule has 0 radical (unpaired) electrons. The Labute approximate surface area is 179 Å². The second-order valence-electron chi connectivity index (χ2n) is 8.54. The molecule has 0 saturated heterocycles. The maximum atomic E-state index is 14.4. The second kappa shape index (κ2) is 9.16. The lowest BCUT2D eigenvalue weighted by Gasteiger charge is -2.31. The number of nitrogens with one attached hydrogen (secondary N) is 1. The third kappa shape index (κ3) is 5.59. The van der Waals surface area contributed by atoms with Crippen LogP contribution in [0.1, 0.15) is 58.2 Å². The molecule has 1 N–H and O–H groups in total. The lowest BCUT2D eigenvalue weighted by Crippen LogP contribution is -2.50. The minimum Gasteiger partial charge on any atom is -0.348 e. The minimum atomic E-state index is -3.89. The fraction of sp³-hybridized carbons (Fsp3) is 0.435.